The van der Waals surface area contributed by atoms with Crippen molar-refractivity contribution >= 4 is 23.6 Å². The minimum atomic E-state index is -1.62. The van der Waals surface area contributed by atoms with E-state index in [2.05, 4.69) is 12.2 Å². The SMILES string of the molecule is CCC[C@@H]1C[C@@H](C(=O)N[C@@H]([C@H]2O[C@H](SCCOC(=O)c3cc(O)ccc3O)[C@H](O)[C@@H](O)[C@H]2O)[C@@H](C)O)N(C)C1. The van der Waals surface area contributed by atoms with Crippen LogP contribution in [-0.4, -0.2) is 121 Å². The Hall–Kier alpha value is -2.13. The Kier molecular flexibility index (Phi) is 11.2. The monoisotopic (exact) mass is 572 g/mol. The Bertz CT molecular complexity index is 982. The third-order valence-corrected chi connectivity index (χ3v) is 8.34. The van der Waals surface area contributed by atoms with Gasteiger partial charge in [0.1, 0.15) is 53.5 Å². The normalized spacial score (nSPS) is 31.0. The van der Waals surface area contributed by atoms with Gasteiger partial charge in [-0.05, 0) is 50.9 Å². The van der Waals surface area contributed by atoms with Crippen LogP contribution in [0.4, 0.5) is 0 Å². The maximum Gasteiger partial charge on any atom is 0.342 e. The fourth-order valence-electron chi connectivity index (χ4n) is 5.14. The predicted molar refractivity (Wildman–Crippen MR) is 142 cm³/mol. The number of ether oxygens (including phenoxy) is 2. The Balaban J connectivity index is 1.60. The van der Waals surface area contributed by atoms with Gasteiger partial charge >= 0.3 is 5.97 Å². The molecule has 1 aromatic carbocycles. The van der Waals surface area contributed by atoms with Crippen LogP contribution < -0.4 is 5.32 Å². The number of hydrogen-bond acceptors (Lipinski definition) is 12. The van der Waals surface area contributed by atoms with Crippen LogP contribution in [0, 0.1) is 5.92 Å². The maximum absolute atomic E-state index is 13.1. The molecule has 39 heavy (non-hydrogen) atoms. The number of esters is 1. The number of carbonyl (C=O) groups excluding carboxylic acids is 2. The number of amides is 1. The van der Waals surface area contributed by atoms with E-state index < -0.39 is 54.0 Å². The minimum absolute atomic E-state index is 0.111. The summed E-state index contributed by atoms with van der Waals surface area (Å²) in [6.45, 7) is 4.16. The van der Waals surface area contributed by atoms with Crippen LogP contribution in [0.2, 0.25) is 0 Å². The van der Waals surface area contributed by atoms with Gasteiger partial charge in [0.05, 0.1) is 18.2 Å². The summed E-state index contributed by atoms with van der Waals surface area (Å²) in [6, 6.07) is 1.98. The number of phenolic OH excluding ortho intramolecular Hbond substituents is 2. The first-order valence-electron chi connectivity index (χ1n) is 13.1. The van der Waals surface area contributed by atoms with E-state index >= 15 is 0 Å². The molecule has 2 aliphatic rings. The fraction of sp³-hybridized carbons (Fsp3) is 0.692. The fourth-order valence-corrected chi connectivity index (χ4v) is 6.12. The molecule has 1 amide bonds. The van der Waals surface area contributed by atoms with Gasteiger partial charge in [0.25, 0.3) is 0 Å². The molecule has 0 aliphatic carbocycles. The first-order valence-corrected chi connectivity index (χ1v) is 14.2. The Morgan fingerprint density at radius 2 is 1.92 bits per heavy atom. The third-order valence-electron chi connectivity index (χ3n) is 7.22. The lowest BCUT2D eigenvalue weighted by molar-refractivity contribution is -0.211. The number of likely N-dealkylation sites (N-methyl/N-ethyl adjacent to an activating group) is 1. The number of aliphatic hydroxyl groups excluding tert-OH is 4. The average Bonchev–Trinajstić information content (AvgIpc) is 3.26. The molecule has 1 aromatic rings. The molecule has 0 aromatic heterocycles. The van der Waals surface area contributed by atoms with Crippen LogP contribution in [0.1, 0.15) is 43.5 Å². The van der Waals surface area contributed by atoms with E-state index in [4.69, 9.17) is 9.47 Å². The van der Waals surface area contributed by atoms with Crippen LogP contribution in [0.5, 0.6) is 11.5 Å². The summed E-state index contributed by atoms with van der Waals surface area (Å²) in [6.07, 6.45) is -4.37. The van der Waals surface area contributed by atoms with Crippen LogP contribution in [-0.2, 0) is 14.3 Å². The molecule has 0 unspecified atom stereocenters. The standard InChI is InChI=1S/C26H40N2O10S/c1-4-5-14-10-17(28(3)12-14)24(35)27-19(13(2)29)23-21(33)20(32)22(34)26(38-23)39-9-8-37-25(36)16-11-15(30)6-7-18(16)31/h6-7,11,13-14,17,19-23,26,29-34H,4-5,8-10,12H2,1-3H3,(H,27,35)/t13-,14-,17+,19-,20+,21-,22-,23-,26-/m1/s1. The van der Waals surface area contributed by atoms with E-state index in [1.165, 1.54) is 13.0 Å². The number of thioether (sulfide) groups is 1. The maximum atomic E-state index is 13.1. The van der Waals surface area contributed by atoms with E-state index in [0.29, 0.717) is 12.3 Å². The molecule has 2 fully saturated rings. The van der Waals surface area contributed by atoms with Gasteiger partial charge in [0.2, 0.25) is 5.91 Å². The van der Waals surface area contributed by atoms with E-state index in [-0.39, 0.29) is 35.3 Å². The number of phenols is 2. The van der Waals surface area contributed by atoms with Crippen molar-refractivity contribution in [2.45, 2.75) is 81.1 Å². The van der Waals surface area contributed by atoms with Gasteiger partial charge in [-0.2, -0.15) is 0 Å². The third kappa shape index (κ3) is 7.75. The lowest BCUT2D eigenvalue weighted by Crippen LogP contribution is -2.65. The second kappa shape index (κ2) is 14.0. The van der Waals surface area contributed by atoms with Crippen LogP contribution >= 0.6 is 11.8 Å². The number of nitrogens with one attached hydrogen (secondary N) is 1. The number of likely N-dealkylation sites (tertiary alicyclic amines) is 1. The highest BCUT2D eigenvalue weighted by molar-refractivity contribution is 7.99. The zero-order valence-electron chi connectivity index (χ0n) is 22.3. The Labute approximate surface area is 231 Å². The smallest absolute Gasteiger partial charge is 0.342 e. The molecule has 2 saturated heterocycles. The van der Waals surface area contributed by atoms with E-state index in [0.717, 1.165) is 43.3 Å². The largest absolute Gasteiger partial charge is 0.508 e. The summed E-state index contributed by atoms with van der Waals surface area (Å²) in [5.41, 5.74) is -1.28. The van der Waals surface area contributed by atoms with Crippen molar-refractivity contribution in [1.82, 2.24) is 10.2 Å². The van der Waals surface area contributed by atoms with Crippen LogP contribution in [0.3, 0.4) is 0 Å². The van der Waals surface area contributed by atoms with Crippen molar-refractivity contribution in [2.24, 2.45) is 5.92 Å². The number of nitrogens with zero attached hydrogens (tertiary/aromatic N) is 1. The minimum Gasteiger partial charge on any atom is -0.508 e. The summed E-state index contributed by atoms with van der Waals surface area (Å²) in [5, 5.41) is 64.2. The number of benzene rings is 1. The van der Waals surface area contributed by atoms with Crippen molar-refractivity contribution in [3.05, 3.63) is 23.8 Å². The molecule has 0 radical (unpaired) electrons. The molecular formula is C26H40N2O10S. The molecule has 7 N–H and O–H groups in total. The van der Waals surface area contributed by atoms with Gasteiger partial charge in [-0.3, -0.25) is 9.69 Å². The quantitative estimate of drug-likeness (QED) is 0.105. The Morgan fingerprint density at radius 1 is 1.21 bits per heavy atom. The van der Waals surface area contributed by atoms with Crippen molar-refractivity contribution < 1.29 is 49.7 Å². The van der Waals surface area contributed by atoms with Crippen molar-refractivity contribution in [3.63, 3.8) is 0 Å². The summed E-state index contributed by atoms with van der Waals surface area (Å²) in [4.78, 5) is 27.3. The molecule has 0 bridgehead atoms. The molecule has 0 saturated carbocycles. The van der Waals surface area contributed by atoms with Crippen molar-refractivity contribution in [2.75, 3.05) is 26.0 Å². The highest BCUT2D eigenvalue weighted by Gasteiger charge is 2.49. The van der Waals surface area contributed by atoms with Gasteiger partial charge in [0, 0.05) is 12.3 Å². The lowest BCUT2D eigenvalue weighted by Gasteiger charge is -2.44. The molecular weight excluding hydrogens is 532 g/mol. The summed E-state index contributed by atoms with van der Waals surface area (Å²) >= 11 is 1.00. The van der Waals surface area contributed by atoms with Crippen LogP contribution in [0.15, 0.2) is 18.2 Å². The lowest BCUT2D eigenvalue weighted by atomic mass is 9.92. The van der Waals surface area contributed by atoms with Gasteiger partial charge in [-0.1, -0.05) is 13.3 Å². The van der Waals surface area contributed by atoms with E-state index in [1.54, 1.807) is 0 Å². The van der Waals surface area contributed by atoms with Crippen molar-refractivity contribution in [3.8, 4) is 11.5 Å². The van der Waals surface area contributed by atoms with E-state index in [1.807, 2.05) is 11.9 Å². The van der Waals surface area contributed by atoms with Crippen molar-refractivity contribution in [1.29, 1.82) is 0 Å². The second-order valence-corrected chi connectivity index (χ2v) is 11.5. The summed E-state index contributed by atoms with van der Waals surface area (Å²) in [5.74, 6) is -1.25. The van der Waals surface area contributed by atoms with E-state index in [9.17, 15) is 40.2 Å². The zero-order chi connectivity index (χ0) is 28.9. The Morgan fingerprint density at radius 3 is 2.59 bits per heavy atom. The number of aliphatic hydroxyl groups is 4. The zero-order valence-corrected chi connectivity index (χ0v) is 23.2. The van der Waals surface area contributed by atoms with Gasteiger partial charge in [0.15, 0.2) is 0 Å². The molecule has 12 nitrogen and oxygen atoms in total. The van der Waals surface area contributed by atoms with Gasteiger partial charge in [-0.15, -0.1) is 11.8 Å². The van der Waals surface area contributed by atoms with Gasteiger partial charge < -0.3 is 45.4 Å². The molecule has 2 heterocycles. The molecule has 0 spiro atoms. The molecule has 220 valence electrons. The second-order valence-electron chi connectivity index (χ2n) is 10.3. The number of hydrogen-bond donors (Lipinski definition) is 7. The predicted octanol–water partition coefficient (Wildman–Crippen LogP) is -0.219. The molecule has 9 atom stereocenters. The number of aromatic hydroxyl groups is 2. The first-order chi connectivity index (χ1) is 18.4. The van der Waals surface area contributed by atoms with Gasteiger partial charge in [-0.25, -0.2) is 4.79 Å². The summed E-state index contributed by atoms with van der Waals surface area (Å²) < 4.78 is 11.0. The number of carbonyl (C=O) groups is 2. The molecule has 3 rings (SSSR count). The average molecular weight is 573 g/mol. The summed E-state index contributed by atoms with van der Waals surface area (Å²) in [7, 11) is 1.87. The molecule has 2 aliphatic heterocycles. The molecule has 13 heteroatoms. The highest BCUT2D eigenvalue weighted by atomic mass is 32.2. The first kappa shape index (κ1) is 31.4. The topological polar surface area (TPSA) is 189 Å². The van der Waals surface area contributed by atoms with Crippen LogP contribution in [0.25, 0.3) is 0 Å². The highest BCUT2D eigenvalue weighted by Crippen LogP contribution is 2.32. The number of rotatable bonds is 11.